The monoisotopic (exact) mass is 238 g/mol. The van der Waals surface area contributed by atoms with E-state index in [1.807, 2.05) is 0 Å². The highest BCUT2D eigenvalue weighted by molar-refractivity contribution is 5.13. The van der Waals surface area contributed by atoms with Crippen molar-refractivity contribution in [2.75, 3.05) is 6.54 Å². The van der Waals surface area contributed by atoms with Crippen molar-refractivity contribution in [1.29, 1.82) is 0 Å². The summed E-state index contributed by atoms with van der Waals surface area (Å²) in [7, 11) is 0. The van der Waals surface area contributed by atoms with Crippen LogP contribution in [0.25, 0.3) is 0 Å². The van der Waals surface area contributed by atoms with E-state index in [4.69, 9.17) is 5.73 Å². The molecule has 1 aliphatic heterocycles. The van der Waals surface area contributed by atoms with Gasteiger partial charge in [-0.3, -0.25) is 0 Å². The van der Waals surface area contributed by atoms with Gasteiger partial charge in [0.2, 0.25) is 0 Å². The van der Waals surface area contributed by atoms with Crippen molar-refractivity contribution >= 4 is 0 Å². The van der Waals surface area contributed by atoms with Gasteiger partial charge in [-0.15, -0.1) is 0 Å². The fourth-order valence-electron chi connectivity index (χ4n) is 4.41. The summed E-state index contributed by atoms with van der Waals surface area (Å²) in [5.74, 6) is 2.37. The van der Waals surface area contributed by atoms with E-state index >= 15 is 0 Å². The molecule has 1 heterocycles. The van der Waals surface area contributed by atoms with Gasteiger partial charge in [0.1, 0.15) is 0 Å². The molecule has 2 rings (SSSR count). The molecule has 1 saturated carbocycles. The third kappa shape index (κ3) is 1.94. The van der Waals surface area contributed by atoms with Crippen molar-refractivity contribution in [1.82, 2.24) is 5.32 Å². The summed E-state index contributed by atoms with van der Waals surface area (Å²) in [6.45, 7) is 10.7. The van der Waals surface area contributed by atoms with E-state index in [0.717, 1.165) is 30.7 Å². The van der Waals surface area contributed by atoms with Crippen LogP contribution in [0.3, 0.4) is 0 Å². The summed E-state index contributed by atoms with van der Waals surface area (Å²) in [4.78, 5) is 0. The molecule has 3 N–H and O–H groups in total. The van der Waals surface area contributed by atoms with E-state index in [0.29, 0.717) is 0 Å². The van der Waals surface area contributed by atoms with Gasteiger partial charge in [0.25, 0.3) is 0 Å². The Labute approximate surface area is 107 Å². The lowest BCUT2D eigenvalue weighted by molar-refractivity contribution is 0.0295. The molecule has 1 saturated heterocycles. The summed E-state index contributed by atoms with van der Waals surface area (Å²) in [6.07, 6.45) is 6.24. The molecule has 0 aromatic rings. The minimum absolute atomic E-state index is 0.00572. The number of nitrogens with two attached hydrogens (primary N) is 1. The summed E-state index contributed by atoms with van der Waals surface area (Å²) in [5.41, 5.74) is 6.90. The molecule has 0 bridgehead atoms. The maximum Gasteiger partial charge on any atom is 0.0364 e. The standard InChI is InChI=1S/C15H30N2/c1-5-15(16)9-6-7-13-12(3)11(2)8-10-17-14(13,15)4/h11-13,17H,5-10,16H2,1-4H3/t11?,12?,13?,14-,15?/m1/s1. The van der Waals surface area contributed by atoms with Crippen LogP contribution in [0.4, 0.5) is 0 Å². The Kier molecular flexibility index (Phi) is 3.57. The Morgan fingerprint density at radius 3 is 2.65 bits per heavy atom. The van der Waals surface area contributed by atoms with Crippen molar-refractivity contribution in [3.05, 3.63) is 0 Å². The summed E-state index contributed by atoms with van der Waals surface area (Å²) < 4.78 is 0. The van der Waals surface area contributed by atoms with Gasteiger partial charge >= 0.3 is 0 Å². The van der Waals surface area contributed by atoms with E-state index in [1.54, 1.807) is 0 Å². The van der Waals surface area contributed by atoms with Crippen LogP contribution in [0.15, 0.2) is 0 Å². The fourth-order valence-corrected chi connectivity index (χ4v) is 4.41. The number of hydrogen-bond donors (Lipinski definition) is 2. The molecule has 0 aromatic carbocycles. The third-order valence-electron chi connectivity index (χ3n) is 6.17. The lowest BCUT2D eigenvalue weighted by Gasteiger charge is -2.56. The molecule has 2 heteroatoms. The Hall–Kier alpha value is -0.0800. The quantitative estimate of drug-likeness (QED) is 0.737. The molecule has 0 amide bonds. The van der Waals surface area contributed by atoms with Crippen LogP contribution in [0.5, 0.6) is 0 Å². The van der Waals surface area contributed by atoms with Gasteiger partial charge in [-0.25, -0.2) is 0 Å². The Bertz CT molecular complexity index is 278. The number of rotatable bonds is 1. The molecule has 1 aliphatic carbocycles. The van der Waals surface area contributed by atoms with E-state index in [1.165, 1.54) is 25.7 Å². The maximum atomic E-state index is 6.76. The largest absolute Gasteiger partial charge is 0.324 e. The second-order valence-electron chi connectivity index (χ2n) is 6.76. The molecule has 0 aromatic heterocycles. The molecule has 0 spiro atoms. The summed E-state index contributed by atoms with van der Waals surface area (Å²) >= 11 is 0. The first-order chi connectivity index (χ1) is 7.94. The molecule has 2 aliphatic rings. The van der Waals surface area contributed by atoms with Crippen molar-refractivity contribution in [3.63, 3.8) is 0 Å². The highest BCUT2D eigenvalue weighted by Crippen LogP contribution is 2.48. The summed E-state index contributed by atoms with van der Waals surface area (Å²) in [5, 5.41) is 3.84. The SMILES string of the molecule is CCC1(N)CCCC2C(C)C(C)CCN[C@]21C. The predicted molar refractivity (Wildman–Crippen MR) is 73.9 cm³/mol. The van der Waals surface area contributed by atoms with Crippen LogP contribution in [-0.2, 0) is 0 Å². The Balaban J connectivity index is 2.35. The molecule has 2 fully saturated rings. The third-order valence-corrected chi connectivity index (χ3v) is 6.17. The highest BCUT2D eigenvalue weighted by Gasteiger charge is 2.53. The first kappa shape index (κ1) is 13.4. The van der Waals surface area contributed by atoms with Crippen molar-refractivity contribution in [3.8, 4) is 0 Å². The molecule has 5 atom stereocenters. The van der Waals surface area contributed by atoms with E-state index in [2.05, 4.69) is 33.0 Å². The Morgan fingerprint density at radius 2 is 2.00 bits per heavy atom. The van der Waals surface area contributed by atoms with Crippen LogP contribution in [0.1, 0.15) is 59.8 Å². The average molecular weight is 238 g/mol. The molecule has 17 heavy (non-hydrogen) atoms. The van der Waals surface area contributed by atoms with Gasteiger partial charge in [0, 0.05) is 11.1 Å². The first-order valence-corrected chi connectivity index (χ1v) is 7.48. The predicted octanol–water partition coefficient (Wildman–Crippen LogP) is 2.92. The molecular formula is C15H30N2. The normalized spacial score (nSPS) is 51.7. The van der Waals surface area contributed by atoms with Crippen LogP contribution in [-0.4, -0.2) is 17.6 Å². The van der Waals surface area contributed by atoms with Crippen molar-refractivity contribution in [2.24, 2.45) is 23.5 Å². The van der Waals surface area contributed by atoms with E-state index < -0.39 is 0 Å². The second-order valence-corrected chi connectivity index (χ2v) is 6.76. The van der Waals surface area contributed by atoms with Gasteiger partial charge in [-0.05, 0) is 56.9 Å². The highest BCUT2D eigenvalue weighted by atomic mass is 15.1. The van der Waals surface area contributed by atoms with Crippen molar-refractivity contribution < 1.29 is 0 Å². The molecular weight excluding hydrogens is 208 g/mol. The minimum Gasteiger partial charge on any atom is -0.324 e. The lowest BCUT2D eigenvalue weighted by Crippen LogP contribution is -2.71. The number of fused-ring (bicyclic) bond motifs is 1. The van der Waals surface area contributed by atoms with Gasteiger partial charge in [0.05, 0.1) is 0 Å². The maximum absolute atomic E-state index is 6.76. The molecule has 100 valence electrons. The zero-order valence-corrected chi connectivity index (χ0v) is 12.1. The summed E-state index contributed by atoms with van der Waals surface area (Å²) in [6, 6.07) is 0. The van der Waals surface area contributed by atoms with Gasteiger partial charge < -0.3 is 11.1 Å². The zero-order chi connectivity index (χ0) is 12.7. The zero-order valence-electron chi connectivity index (χ0n) is 12.1. The fraction of sp³-hybridized carbons (Fsp3) is 1.00. The minimum atomic E-state index is -0.00572. The van der Waals surface area contributed by atoms with E-state index in [9.17, 15) is 0 Å². The second kappa shape index (κ2) is 4.55. The van der Waals surface area contributed by atoms with Crippen LogP contribution < -0.4 is 11.1 Å². The first-order valence-electron chi connectivity index (χ1n) is 7.48. The van der Waals surface area contributed by atoms with Crippen molar-refractivity contribution in [2.45, 2.75) is 70.9 Å². The van der Waals surface area contributed by atoms with Crippen LogP contribution in [0.2, 0.25) is 0 Å². The Morgan fingerprint density at radius 1 is 1.29 bits per heavy atom. The van der Waals surface area contributed by atoms with Gasteiger partial charge in [0.15, 0.2) is 0 Å². The smallest absolute Gasteiger partial charge is 0.0364 e. The molecule has 2 nitrogen and oxygen atoms in total. The number of hydrogen-bond acceptors (Lipinski definition) is 2. The average Bonchev–Trinajstić information content (AvgIpc) is 2.41. The van der Waals surface area contributed by atoms with Crippen LogP contribution in [0, 0.1) is 17.8 Å². The molecule has 4 unspecified atom stereocenters. The van der Waals surface area contributed by atoms with Gasteiger partial charge in [-0.1, -0.05) is 27.2 Å². The molecule has 0 radical (unpaired) electrons. The van der Waals surface area contributed by atoms with Gasteiger partial charge in [-0.2, -0.15) is 0 Å². The van der Waals surface area contributed by atoms with Crippen LogP contribution >= 0.6 is 0 Å². The number of nitrogens with one attached hydrogen (secondary N) is 1. The topological polar surface area (TPSA) is 38.0 Å². The van der Waals surface area contributed by atoms with E-state index in [-0.39, 0.29) is 11.1 Å². The lowest BCUT2D eigenvalue weighted by atomic mass is 9.57.